The molecule has 0 radical (unpaired) electrons. The number of pyridine rings is 2. The van der Waals surface area contributed by atoms with E-state index in [0.717, 1.165) is 35.8 Å². The van der Waals surface area contributed by atoms with Crippen LogP contribution in [0.5, 0.6) is 0 Å². The van der Waals surface area contributed by atoms with Gasteiger partial charge in [0.25, 0.3) is 0 Å². The van der Waals surface area contributed by atoms with Gasteiger partial charge in [0, 0.05) is 49.7 Å². The van der Waals surface area contributed by atoms with Crippen LogP contribution in [0.2, 0.25) is 0 Å². The van der Waals surface area contributed by atoms with Crippen LogP contribution in [0.15, 0.2) is 58.9 Å². The van der Waals surface area contributed by atoms with Crippen molar-refractivity contribution in [3.8, 4) is 16.9 Å². The summed E-state index contributed by atoms with van der Waals surface area (Å²) in [4.78, 5) is 42.8. The molecular formula is C30H29F2N7O4S. The molecule has 228 valence electrons. The molecule has 4 heterocycles. The van der Waals surface area contributed by atoms with Crippen molar-refractivity contribution in [2.24, 2.45) is 0 Å². The fourth-order valence-electron chi connectivity index (χ4n) is 5.72. The van der Waals surface area contributed by atoms with E-state index < -0.39 is 32.9 Å². The number of amides is 1. The molecule has 1 saturated carbocycles. The molecule has 1 amide bonds. The molecule has 14 heteroatoms. The molecule has 2 N–H and O–H groups in total. The van der Waals surface area contributed by atoms with Gasteiger partial charge in [-0.05, 0) is 50.1 Å². The minimum Gasteiger partial charge on any atom is -0.398 e. The van der Waals surface area contributed by atoms with Gasteiger partial charge in [0.1, 0.15) is 17.3 Å². The van der Waals surface area contributed by atoms with E-state index in [0.29, 0.717) is 5.69 Å². The summed E-state index contributed by atoms with van der Waals surface area (Å²) in [5.74, 6) is -2.01. The van der Waals surface area contributed by atoms with Crippen molar-refractivity contribution in [2.75, 3.05) is 36.5 Å². The first-order valence-corrected chi connectivity index (χ1v) is 15.8. The third kappa shape index (κ3) is 4.98. The monoisotopic (exact) mass is 621 g/mol. The van der Waals surface area contributed by atoms with Gasteiger partial charge in [-0.1, -0.05) is 12.6 Å². The summed E-state index contributed by atoms with van der Waals surface area (Å²) in [5, 5.41) is 0.0844. The number of aromatic nitrogens is 4. The maximum absolute atomic E-state index is 16.0. The normalized spacial score (nSPS) is 17.2. The number of hydrogen-bond acceptors (Lipinski definition) is 9. The van der Waals surface area contributed by atoms with E-state index in [4.69, 9.17) is 5.73 Å². The summed E-state index contributed by atoms with van der Waals surface area (Å²) < 4.78 is 58.1. The lowest BCUT2D eigenvalue weighted by atomic mass is 10.1. The van der Waals surface area contributed by atoms with Gasteiger partial charge in [-0.2, -0.15) is 4.98 Å². The lowest BCUT2D eigenvalue weighted by Gasteiger charge is -2.40. The average molecular weight is 622 g/mol. The van der Waals surface area contributed by atoms with Gasteiger partial charge in [-0.15, -0.1) is 0 Å². The fourth-order valence-corrected chi connectivity index (χ4v) is 6.58. The molecule has 6 rings (SSSR count). The van der Waals surface area contributed by atoms with Crippen LogP contribution in [0.4, 0.5) is 20.3 Å². The van der Waals surface area contributed by atoms with Crippen molar-refractivity contribution in [1.82, 2.24) is 24.4 Å². The lowest BCUT2D eigenvalue weighted by Crippen LogP contribution is -2.54. The number of piperazine rings is 1. The largest absolute Gasteiger partial charge is 0.398 e. The molecule has 3 aromatic heterocycles. The van der Waals surface area contributed by atoms with E-state index in [-0.39, 0.29) is 76.2 Å². The third-order valence-electron chi connectivity index (χ3n) is 7.97. The Bertz CT molecular complexity index is 2010. The van der Waals surface area contributed by atoms with E-state index in [1.165, 1.54) is 30.5 Å². The number of carbonyl (C=O) groups excluding carboxylic acids is 1. The Hall–Kier alpha value is -4.72. The highest BCUT2D eigenvalue weighted by atomic mass is 32.2. The first-order chi connectivity index (χ1) is 20.9. The Morgan fingerprint density at radius 1 is 1.14 bits per heavy atom. The van der Waals surface area contributed by atoms with Gasteiger partial charge in [0.2, 0.25) is 5.91 Å². The zero-order valence-electron chi connectivity index (χ0n) is 24.0. The van der Waals surface area contributed by atoms with Gasteiger partial charge in [-0.3, -0.25) is 9.78 Å². The second-order valence-electron chi connectivity index (χ2n) is 11.1. The van der Waals surface area contributed by atoms with Gasteiger partial charge in [0.05, 0.1) is 27.2 Å². The molecule has 1 aromatic carbocycles. The van der Waals surface area contributed by atoms with Crippen LogP contribution in [0.25, 0.3) is 28.0 Å². The van der Waals surface area contributed by atoms with Crippen LogP contribution in [0.3, 0.4) is 0 Å². The summed E-state index contributed by atoms with van der Waals surface area (Å²) in [5.41, 5.74) is 4.55. The Balaban J connectivity index is 1.69. The Morgan fingerprint density at radius 3 is 2.52 bits per heavy atom. The van der Waals surface area contributed by atoms with Crippen LogP contribution >= 0.6 is 0 Å². The zero-order chi connectivity index (χ0) is 31.5. The van der Waals surface area contributed by atoms with Crippen LogP contribution in [-0.4, -0.2) is 70.7 Å². The van der Waals surface area contributed by atoms with Gasteiger partial charge in [-0.25, -0.2) is 31.5 Å². The molecule has 2 fully saturated rings. The van der Waals surface area contributed by atoms with Crippen molar-refractivity contribution < 1.29 is 22.0 Å². The minimum atomic E-state index is -3.90. The third-order valence-corrected chi connectivity index (χ3v) is 9.10. The fraction of sp³-hybridized carbons (Fsp3) is 0.300. The molecule has 4 aromatic rings. The molecular weight excluding hydrogens is 592 g/mol. The number of hydrogen-bond donors (Lipinski definition) is 1. The van der Waals surface area contributed by atoms with Gasteiger partial charge in [0.15, 0.2) is 21.3 Å². The van der Waals surface area contributed by atoms with Crippen molar-refractivity contribution in [2.45, 2.75) is 36.6 Å². The number of rotatable bonds is 6. The van der Waals surface area contributed by atoms with Crippen molar-refractivity contribution >= 4 is 38.3 Å². The van der Waals surface area contributed by atoms with Gasteiger partial charge >= 0.3 is 5.69 Å². The summed E-state index contributed by atoms with van der Waals surface area (Å²) in [6.07, 6.45) is 5.07. The molecule has 2 aliphatic rings. The Kier molecular flexibility index (Phi) is 7.19. The first kappa shape index (κ1) is 29.4. The number of nitrogens with two attached hydrogens (primary N) is 1. The Labute approximate surface area is 251 Å². The van der Waals surface area contributed by atoms with E-state index in [2.05, 4.69) is 21.5 Å². The molecule has 11 nitrogen and oxygen atoms in total. The predicted molar refractivity (Wildman–Crippen MR) is 161 cm³/mol. The SMILES string of the molecule is C=CC(=O)N1CCN(c2nc(=O)n(-c3c(S(C)(=O)=O)ccnc3C3CC3)c3nc(-c4c(N)cccc4F)c(F)cc23)[C@@H](C)C1. The number of benzene rings is 1. The number of nitrogens with zero attached hydrogens (tertiary/aromatic N) is 6. The van der Waals surface area contributed by atoms with E-state index in [1.54, 1.807) is 9.80 Å². The molecule has 1 aliphatic carbocycles. The summed E-state index contributed by atoms with van der Waals surface area (Å²) >= 11 is 0. The molecule has 1 atom stereocenters. The Morgan fingerprint density at radius 2 is 1.89 bits per heavy atom. The average Bonchev–Trinajstić information content (AvgIpc) is 3.82. The maximum atomic E-state index is 16.0. The van der Waals surface area contributed by atoms with Crippen molar-refractivity contribution in [3.63, 3.8) is 0 Å². The predicted octanol–water partition coefficient (Wildman–Crippen LogP) is 3.21. The minimum absolute atomic E-state index is 0.0208. The maximum Gasteiger partial charge on any atom is 0.355 e. The standard InChI is InChI=1S/C30H29F2N7O4S/c1-4-23(40)37-12-13-38(16(2)15-37)28-18-14-20(32)26(24-19(31)6-5-7-21(24)33)35-29(18)39(30(41)36-28)27-22(44(3,42)43)10-11-34-25(27)17-8-9-17/h4-7,10-11,14,16-17H,1,8-9,12-13,15,33H2,2-3H3/t16-/m0/s1. The topological polar surface area (TPSA) is 144 Å². The molecule has 0 spiro atoms. The number of halogens is 2. The summed E-state index contributed by atoms with van der Waals surface area (Å²) in [7, 11) is -3.90. The lowest BCUT2D eigenvalue weighted by molar-refractivity contribution is -0.126. The smallest absolute Gasteiger partial charge is 0.355 e. The molecule has 0 unspecified atom stereocenters. The summed E-state index contributed by atoms with van der Waals surface area (Å²) in [6.45, 7) is 6.19. The van der Waals surface area contributed by atoms with Crippen LogP contribution in [-0.2, 0) is 14.6 Å². The van der Waals surface area contributed by atoms with Crippen LogP contribution in [0.1, 0.15) is 31.4 Å². The van der Waals surface area contributed by atoms with E-state index in [9.17, 15) is 18.0 Å². The van der Waals surface area contributed by atoms with Crippen molar-refractivity contribution in [3.05, 3.63) is 77.0 Å². The molecule has 1 aliphatic heterocycles. The zero-order valence-corrected chi connectivity index (χ0v) is 24.8. The second kappa shape index (κ2) is 10.8. The number of anilines is 2. The van der Waals surface area contributed by atoms with Gasteiger partial charge < -0.3 is 15.5 Å². The number of fused-ring (bicyclic) bond motifs is 1. The molecule has 44 heavy (non-hydrogen) atoms. The van der Waals surface area contributed by atoms with Crippen LogP contribution in [0, 0.1) is 11.6 Å². The first-order valence-electron chi connectivity index (χ1n) is 14.0. The number of carbonyl (C=O) groups is 1. The van der Waals surface area contributed by atoms with Crippen molar-refractivity contribution in [1.29, 1.82) is 0 Å². The highest BCUT2D eigenvalue weighted by molar-refractivity contribution is 7.90. The second-order valence-corrected chi connectivity index (χ2v) is 13.1. The molecule has 1 saturated heterocycles. The number of nitrogen functional groups attached to an aromatic ring is 1. The summed E-state index contributed by atoms with van der Waals surface area (Å²) in [6, 6.07) is 5.93. The highest BCUT2D eigenvalue weighted by Gasteiger charge is 2.35. The van der Waals surface area contributed by atoms with E-state index >= 15 is 8.78 Å². The van der Waals surface area contributed by atoms with Crippen LogP contribution < -0.4 is 16.3 Å². The quantitative estimate of drug-likeness (QED) is 0.254. The highest BCUT2D eigenvalue weighted by Crippen LogP contribution is 2.44. The molecule has 0 bridgehead atoms. The number of sulfone groups is 1. The van der Waals surface area contributed by atoms with E-state index in [1.807, 2.05) is 6.92 Å².